The summed E-state index contributed by atoms with van der Waals surface area (Å²) in [5.41, 5.74) is 1.95. The number of aliphatic carboxylic acids is 1. The average Bonchev–Trinajstić information content (AvgIpc) is 3.04. The van der Waals surface area contributed by atoms with Crippen LogP contribution >= 0.6 is 0 Å². The van der Waals surface area contributed by atoms with Gasteiger partial charge in [-0.3, -0.25) is 4.79 Å². The highest BCUT2D eigenvalue weighted by atomic mass is 16.4. The summed E-state index contributed by atoms with van der Waals surface area (Å²) in [6.45, 7) is 1.67. The highest BCUT2D eigenvalue weighted by Crippen LogP contribution is 2.25. The van der Waals surface area contributed by atoms with Gasteiger partial charge in [-0.1, -0.05) is 60.7 Å². The third-order valence-corrected chi connectivity index (χ3v) is 4.09. The first-order valence-electron chi connectivity index (χ1n) is 8.26. The van der Waals surface area contributed by atoms with Gasteiger partial charge < -0.3 is 19.6 Å². The molecule has 0 radical (unpaired) electrons. The number of furan rings is 1. The molecule has 0 saturated heterocycles. The Morgan fingerprint density at radius 2 is 1.65 bits per heavy atom. The topological polar surface area (TPSA) is 82.4 Å². The van der Waals surface area contributed by atoms with Crippen molar-refractivity contribution in [3.05, 3.63) is 83.6 Å². The molecule has 2 aromatic carbocycles. The van der Waals surface area contributed by atoms with Gasteiger partial charge in [0.1, 0.15) is 11.5 Å². The smallest absolute Gasteiger partial charge is 0.255 e. The lowest BCUT2D eigenvalue weighted by atomic mass is 10.1. The van der Waals surface area contributed by atoms with E-state index in [9.17, 15) is 14.7 Å². The van der Waals surface area contributed by atoms with Gasteiger partial charge >= 0.3 is 0 Å². The van der Waals surface area contributed by atoms with Gasteiger partial charge in [0.15, 0.2) is 0 Å². The zero-order valence-corrected chi connectivity index (χ0v) is 14.3. The fraction of sp³-hybridized carbons (Fsp3) is 0.143. The SMILES string of the molecule is Cc1oc(-c2ccccc2)cc1C(=O)N[C@@H](Cc1ccccc1)C(=O)[O-]. The summed E-state index contributed by atoms with van der Waals surface area (Å²) >= 11 is 0. The molecular formula is C21H18NO4-. The molecule has 0 bridgehead atoms. The summed E-state index contributed by atoms with van der Waals surface area (Å²) in [5, 5.41) is 14.0. The van der Waals surface area contributed by atoms with E-state index in [2.05, 4.69) is 5.32 Å². The van der Waals surface area contributed by atoms with Crippen LogP contribution in [0.1, 0.15) is 21.7 Å². The number of carboxylic acids is 1. The number of aryl methyl sites for hydroxylation is 1. The summed E-state index contributed by atoms with van der Waals surface area (Å²) < 4.78 is 5.66. The number of carboxylic acid groups (broad SMARTS) is 1. The van der Waals surface area contributed by atoms with E-state index in [4.69, 9.17) is 4.42 Å². The molecule has 3 rings (SSSR count). The van der Waals surface area contributed by atoms with Crippen LogP contribution in [0.2, 0.25) is 0 Å². The minimum Gasteiger partial charge on any atom is -0.548 e. The molecule has 0 aliphatic carbocycles. The first-order valence-corrected chi connectivity index (χ1v) is 8.26. The molecule has 5 nitrogen and oxygen atoms in total. The van der Waals surface area contributed by atoms with Gasteiger partial charge in [-0.2, -0.15) is 0 Å². The maximum atomic E-state index is 12.6. The number of amides is 1. The first-order chi connectivity index (χ1) is 12.5. The Labute approximate surface area is 151 Å². The normalized spacial score (nSPS) is 11.7. The summed E-state index contributed by atoms with van der Waals surface area (Å²) in [4.78, 5) is 24.0. The largest absolute Gasteiger partial charge is 0.548 e. The zero-order valence-electron chi connectivity index (χ0n) is 14.3. The third kappa shape index (κ3) is 4.00. The van der Waals surface area contributed by atoms with E-state index in [1.165, 1.54) is 0 Å². The number of rotatable bonds is 6. The first kappa shape index (κ1) is 17.5. The van der Waals surface area contributed by atoms with Crippen molar-refractivity contribution >= 4 is 11.9 Å². The Balaban J connectivity index is 1.78. The van der Waals surface area contributed by atoms with Crippen LogP contribution in [0.15, 0.2) is 71.1 Å². The highest BCUT2D eigenvalue weighted by molar-refractivity contribution is 5.98. The van der Waals surface area contributed by atoms with Crippen molar-refractivity contribution < 1.29 is 19.1 Å². The van der Waals surface area contributed by atoms with Crippen molar-refractivity contribution in [2.24, 2.45) is 0 Å². The Hall–Kier alpha value is -3.34. The fourth-order valence-corrected chi connectivity index (χ4v) is 2.73. The maximum Gasteiger partial charge on any atom is 0.255 e. The number of carbonyl (C=O) groups excluding carboxylic acids is 2. The third-order valence-electron chi connectivity index (χ3n) is 4.09. The van der Waals surface area contributed by atoms with E-state index in [0.717, 1.165) is 11.1 Å². The lowest BCUT2D eigenvalue weighted by molar-refractivity contribution is -0.308. The lowest BCUT2D eigenvalue weighted by Crippen LogP contribution is -2.49. The highest BCUT2D eigenvalue weighted by Gasteiger charge is 2.20. The Morgan fingerprint density at radius 1 is 1.04 bits per heavy atom. The van der Waals surface area contributed by atoms with Gasteiger partial charge in [-0.15, -0.1) is 0 Å². The molecule has 26 heavy (non-hydrogen) atoms. The average molecular weight is 348 g/mol. The Kier molecular flexibility index (Phi) is 5.17. The molecule has 1 atom stereocenters. The summed E-state index contributed by atoms with van der Waals surface area (Å²) in [5.74, 6) is -0.843. The van der Waals surface area contributed by atoms with Crippen LogP contribution in [0.5, 0.6) is 0 Å². The molecule has 1 N–H and O–H groups in total. The monoisotopic (exact) mass is 348 g/mol. The van der Waals surface area contributed by atoms with Crippen LogP contribution in [0.25, 0.3) is 11.3 Å². The molecule has 0 fully saturated rings. The second kappa shape index (κ2) is 7.70. The van der Waals surface area contributed by atoms with Gasteiger partial charge in [0.05, 0.1) is 17.6 Å². The van der Waals surface area contributed by atoms with Crippen LogP contribution in [0, 0.1) is 6.92 Å². The van der Waals surface area contributed by atoms with E-state index >= 15 is 0 Å². The van der Waals surface area contributed by atoms with Crippen molar-refractivity contribution in [1.29, 1.82) is 0 Å². The van der Waals surface area contributed by atoms with Gasteiger partial charge in [0.2, 0.25) is 0 Å². The number of hydrogen-bond donors (Lipinski definition) is 1. The molecular weight excluding hydrogens is 330 g/mol. The molecule has 0 unspecified atom stereocenters. The van der Waals surface area contributed by atoms with E-state index in [0.29, 0.717) is 17.1 Å². The van der Waals surface area contributed by atoms with Crippen LogP contribution in [0.3, 0.4) is 0 Å². The standard InChI is InChI=1S/C21H19NO4/c1-14-17(13-19(26-14)16-10-6-3-7-11-16)20(23)22-18(21(24)25)12-15-8-4-2-5-9-15/h2-11,13,18H,12H2,1H3,(H,22,23)(H,24,25)/p-1/t18-/m0/s1. The molecule has 0 spiro atoms. The summed E-state index contributed by atoms with van der Waals surface area (Å²) in [6, 6.07) is 19.0. The van der Waals surface area contributed by atoms with Crippen molar-refractivity contribution in [1.82, 2.24) is 5.32 Å². The van der Waals surface area contributed by atoms with Gasteiger partial charge in [0.25, 0.3) is 5.91 Å². The Morgan fingerprint density at radius 3 is 2.27 bits per heavy atom. The molecule has 3 aromatic rings. The molecule has 1 aromatic heterocycles. The lowest BCUT2D eigenvalue weighted by Gasteiger charge is -2.19. The van der Waals surface area contributed by atoms with E-state index < -0.39 is 17.9 Å². The number of benzene rings is 2. The molecule has 0 aliphatic heterocycles. The van der Waals surface area contributed by atoms with E-state index in [-0.39, 0.29) is 6.42 Å². The second-order valence-corrected chi connectivity index (χ2v) is 5.98. The molecule has 0 aliphatic rings. The number of nitrogens with one attached hydrogen (secondary N) is 1. The molecule has 0 saturated carbocycles. The minimum absolute atomic E-state index is 0.150. The van der Waals surface area contributed by atoms with Crippen LogP contribution in [-0.4, -0.2) is 17.9 Å². The summed E-state index contributed by atoms with van der Waals surface area (Å²) in [7, 11) is 0. The van der Waals surface area contributed by atoms with Crippen molar-refractivity contribution in [2.75, 3.05) is 0 Å². The Bertz CT molecular complexity index is 900. The maximum absolute atomic E-state index is 12.6. The van der Waals surface area contributed by atoms with E-state index in [1.54, 1.807) is 25.1 Å². The van der Waals surface area contributed by atoms with Gasteiger partial charge in [0, 0.05) is 5.56 Å². The summed E-state index contributed by atoms with van der Waals surface area (Å²) in [6.07, 6.45) is 0.150. The van der Waals surface area contributed by atoms with Gasteiger partial charge in [-0.25, -0.2) is 0 Å². The predicted octanol–water partition coefficient (Wildman–Crippen LogP) is 2.35. The predicted molar refractivity (Wildman–Crippen MR) is 95.3 cm³/mol. The molecule has 1 heterocycles. The van der Waals surface area contributed by atoms with Crippen LogP contribution in [-0.2, 0) is 11.2 Å². The molecule has 132 valence electrons. The van der Waals surface area contributed by atoms with Crippen molar-refractivity contribution in [3.8, 4) is 11.3 Å². The number of carbonyl (C=O) groups is 2. The van der Waals surface area contributed by atoms with Gasteiger partial charge in [-0.05, 0) is 25.0 Å². The molecule has 1 amide bonds. The van der Waals surface area contributed by atoms with Crippen LogP contribution < -0.4 is 10.4 Å². The number of hydrogen-bond acceptors (Lipinski definition) is 4. The molecule has 5 heteroatoms. The van der Waals surface area contributed by atoms with Crippen molar-refractivity contribution in [2.45, 2.75) is 19.4 Å². The second-order valence-electron chi connectivity index (χ2n) is 5.98. The van der Waals surface area contributed by atoms with E-state index in [1.807, 2.05) is 48.5 Å². The fourth-order valence-electron chi connectivity index (χ4n) is 2.73. The quantitative estimate of drug-likeness (QED) is 0.741. The zero-order chi connectivity index (χ0) is 18.5. The van der Waals surface area contributed by atoms with Crippen LogP contribution in [0.4, 0.5) is 0 Å². The van der Waals surface area contributed by atoms with Crippen molar-refractivity contribution in [3.63, 3.8) is 0 Å². The minimum atomic E-state index is -1.33.